The van der Waals surface area contributed by atoms with Gasteiger partial charge in [-0.3, -0.25) is 19.7 Å². The highest BCUT2D eigenvalue weighted by Crippen LogP contribution is 2.29. The van der Waals surface area contributed by atoms with Crippen molar-refractivity contribution in [3.8, 4) is 0 Å². The summed E-state index contributed by atoms with van der Waals surface area (Å²) in [6, 6.07) is 4.35. The SMILES string of the molecule is CSc1ccc(C(=O)N2CCOC(CC(=O)O)C2)cc1[N+](=O)[O-]. The van der Waals surface area contributed by atoms with Crippen molar-refractivity contribution in [3.63, 3.8) is 0 Å². The molecule has 0 spiro atoms. The Morgan fingerprint density at radius 2 is 2.26 bits per heavy atom. The highest BCUT2D eigenvalue weighted by Gasteiger charge is 2.27. The second-order valence-electron chi connectivity index (χ2n) is 4.99. The quantitative estimate of drug-likeness (QED) is 0.493. The molecule has 1 N–H and O–H groups in total. The zero-order valence-corrected chi connectivity index (χ0v) is 13.2. The molecule has 23 heavy (non-hydrogen) atoms. The number of nitro benzene ring substituents is 1. The van der Waals surface area contributed by atoms with Gasteiger partial charge in [-0.1, -0.05) is 0 Å². The molecule has 9 heteroatoms. The first-order valence-electron chi connectivity index (χ1n) is 6.87. The van der Waals surface area contributed by atoms with Gasteiger partial charge in [0.25, 0.3) is 11.6 Å². The van der Waals surface area contributed by atoms with E-state index in [-0.39, 0.29) is 36.7 Å². The third kappa shape index (κ3) is 4.20. The summed E-state index contributed by atoms with van der Waals surface area (Å²) in [5.74, 6) is -1.36. The summed E-state index contributed by atoms with van der Waals surface area (Å²) in [4.78, 5) is 35.8. The van der Waals surface area contributed by atoms with E-state index < -0.39 is 17.0 Å². The molecule has 8 nitrogen and oxygen atoms in total. The molecule has 1 atom stereocenters. The van der Waals surface area contributed by atoms with E-state index in [1.807, 2.05) is 0 Å². The van der Waals surface area contributed by atoms with Crippen LogP contribution >= 0.6 is 11.8 Å². The molecular weight excluding hydrogens is 324 g/mol. The van der Waals surface area contributed by atoms with Crippen molar-refractivity contribution in [3.05, 3.63) is 33.9 Å². The van der Waals surface area contributed by atoms with Crippen LogP contribution in [0.3, 0.4) is 0 Å². The number of carbonyl (C=O) groups excluding carboxylic acids is 1. The largest absolute Gasteiger partial charge is 0.481 e. The number of benzene rings is 1. The van der Waals surface area contributed by atoms with E-state index in [4.69, 9.17) is 9.84 Å². The molecular formula is C14H16N2O6S. The molecule has 2 rings (SSSR count). The number of carboxylic acid groups (broad SMARTS) is 1. The number of thioether (sulfide) groups is 1. The fourth-order valence-electron chi connectivity index (χ4n) is 2.37. The average molecular weight is 340 g/mol. The maximum absolute atomic E-state index is 12.5. The molecule has 1 amide bonds. The number of amides is 1. The molecule has 1 fully saturated rings. The summed E-state index contributed by atoms with van der Waals surface area (Å²) >= 11 is 1.24. The minimum absolute atomic E-state index is 0.112. The number of aliphatic carboxylic acids is 1. The monoisotopic (exact) mass is 340 g/mol. The Balaban J connectivity index is 2.18. The normalized spacial score (nSPS) is 17.8. The fourth-order valence-corrected chi connectivity index (χ4v) is 2.92. The third-order valence-electron chi connectivity index (χ3n) is 3.45. The second kappa shape index (κ2) is 7.42. The Hall–Kier alpha value is -2.13. The number of nitro groups is 1. The smallest absolute Gasteiger partial charge is 0.306 e. The summed E-state index contributed by atoms with van der Waals surface area (Å²) in [7, 11) is 0. The Bertz CT molecular complexity index is 636. The number of carbonyl (C=O) groups is 2. The summed E-state index contributed by atoms with van der Waals surface area (Å²) < 4.78 is 5.32. The van der Waals surface area contributed by atoms with Gasteiger partial charge in [-0.05, 0) is 18.4 Å². The van der Waals surface area contributed by atoms with Gasteiger partial charge < -0.3 is 14.7 Å². The van der Waals surface area contributed by atoms with E-state index >= 15 is 0 Å². The van der Waals surface area contributed by atoms with Crippen molar-refractivity contribution in [1.82, 2.24) is 4.90 Å². The van der Waals surface area contributed by atoms with Crippen LogP contribution in [0.2, 0.25) is 0 Å². The highest BCUT2D eigenvalue weighted by molar-refractivity contribution is 7.98. The van der Waals surface area contributed by atoms with E-state index in [9.17, 15) is 19.7 Å². The standard InChI is InChI=1S/C14H16N2O6S/c1-23-12-3-2-9(6-11(12)16(20)21)14(19)15-4-5-22-10(8-15)7-13(17)18/h2-3,6,10H,4-5,7-8H2,1H3,(H,17,18). The summed E-state index contributed by atoms with van der Waals surface area (Å²) in [5, 5.41) is 19.9. The molecule has 0 aliphatic carbocycles. The van der Waals surface area contributed by atoms with Crippen LogP contribution in [0.1, 0.15) is 16.8 Å². The third-order valence-corrected chi connectivity index (χ3v) is 4.24. The molecule has 1 aromatic carbocycles. The van der Waals surface area contributed by atoms with Gasteiger partial charge in [0, 0.05) is 24.7 Å². The number of hydrogen-bond donors (Lipinski definition) is 1. The molecule has 0 radical (unpaired) electrons. The summed E-state index contributed by atoms with van der Waals surface area (Å²) in [6.07, 6.45) is 0.975. The van der Waals surface area contributed by atoms with Crippen LogP contribution in [0.15, 0.2) is 23.1 Å². The molecule has 1 aliphatic rings. The predicted molar refractivity (Wildman–Crippen MR) is 82.8 cm³/mol. The van der Waals surface area contributed by atoms with Crippen molar-refractivity contribution >= 4 is 29.3 Å². The van der Waals surface area contributed by atoms with Gasteiger partial charge in [0.15, 0.2) is 0 Å². The minimum Gasteiger partial charge on any atom is -0.481 e. The summed E-state index contributed by atoms with van der Waals surface area (Å²) in [6.45, 7) is 0.727. The first-order valence-corrected chi connectivity index (χ1v) is 8.10. The van der Waals surface area contributed by atoms with Crippen molar-refractivity contribution in [1.29, 1.82) is 0 Å². The molecule has 0 bridgehead atoms. The van der Waals surface area contributed by atoms with Gasteiger partial charge >= 0.3 is 5.97 Å². The lowest BCUT2D eigenvalue weighted by molar-refractivity contribution is -0.387. The van der Waals surface area contributed by atoms with Crippen LogP contribution in [-0.4, -0.2) is 58.9 Å². The van der Waals surface area contributed by atoms with Gasteiger partial charge in [0.1, 0.15) is 0 Å². The van der Waals surface area contributed by atoms with Gasteiger partial charge in [0.2, 0.25) is 0 Å². The summed E-state index contributed by atoms with van der Waals surface area (Å²) in [5.41, 5.74) is 0.101. The number of nitrogens with zero attached hydrogens (tertiary/aromatic N) is 2. The molecule has 1 aliphatic heterocycles. The number of ether oxygens (including phenoxy) is 1. The van der Waals surface area contributed by atoms with Crippen molar-refractivity contribution in [2.24, 2.45) is 0 Å². The Morgan fingerprint density at radius 1 is 1.52 bits per heavy atom. The van der Waals surface area contributed by atoms with E-state index in [1.165, 1.54) is 22.7 Å². The van der Waals surface area contributed by atoms with Gasteiger partial charge in [-0.15, -0.1) is 11.8 Å². The molecule has 1 saturated heterocycles. The Kier molecular flexibility index (Phi) is 5.56. The molecule has 0 saturated carbocycles. The zero-order valence-electron chi connectivity index (χ0n) is 12.4. The molecule has 124 valence electrons. The first kappa shape index (κ1) is 17.2. The number of morpholine rings is 1. The minimum atomic E-state index is -0.996. The topological polar surface area (TPSA) is 110 Å². The second-order valence-corrected chi connectivity index (χ2v) is 5.83. The number of hydrogen-bond acceptors (Lipinski definition) is 6. The Labute approximate surface area is 136 Å². The lowest BCUT2D eigenvalue weighted by Gasteiger charge is -2.32. The van der Waals surface area contributed by atoms with Crippen molar-refractivity contribution in [2.45, 2.75) is 17.4 Å². The zero-order chi connectivity index (χ0) is 17.0. The lowest BCUT2D eigenvalue weighted by Crippen LogP contribution is -2.46. The van der Waals surface area contributed by atoms with Crippen LogP contribution in [0.25, 0.3) is 0 Å². The maximum atomic E-state index is 12.5. The average Bonchev–Trinajstić information content (AvgIpc) is 2.53. The van der Waals surface area contributed by atoms with E-state index in [0.717, 1.165) is 0 Å². The molecule has 0 aromatic heterocycles. The predicted octanol–water partition coefficient (Wildman–Crippen LogP) is 1.63. The molecule has 1 aromatic rings. The van der Waals surface area contributed by atoms with Crippen LogP contribution in [0.5, 0.6) is 0 Å². The first-order chi connectivity index (χ1) is 10.9. The number of carboxylic acids is 1. The van der Waals surface area contributed by atoms with E-state index in [1.54, 1.807) is 18.4 Å². The molecule has 1 unspecified atom stereocenters. The van der Waals surface area contributed by atoms with Crippen LogP contribution in [0, 0.1) is 10.1 Å². The maximum Gasteiger partial charge on any atom is 0.306 e. The van der Waals surface area contributed by atoms with Crippen LogP contribution < -0.4 is 0 Å². The van der Waals surface area contributed by atoms with Crippen LogP contribution in [-0.2, 0) is 9.53 Å². The van der Waals surface area contributed by atoms with E-state index in [0.29, 0.717) is 11.4 Å². The molecule has 1 heterocycles. The van der Waals surface area contributed by atoms with Gasteiger partial charge in [-0.25, -0.2) is 0 Å². The highest BCUT2D eigenvalue weighted by atomic mass is 32.2. The number of rotatable bonds is 5. The van der Waals surface area contributed by atoms with Gasteiger partial charge in [-0.2, -0.15) is 0 Å². The van der Waals surface area contributed by atoms with Crippen molar-refractivity contribution < 1.29 is 24.4 Å². The van der Waals surface area contributed by atoms with Crippen molar-refractivity contribution in [2.75, 3.05) is 26.0 Å². The van der Waals surface area contributed by atoms with Gasteiger partial charge in [0.05, 0.1) is 29.0 Å². The lowest BCUT2D eigenvalue weighted by atomic mass is 10.1. The fraction of sp³-hybridized carbons (Fsp3) is 0.429. The van der Waals surface area contributed by atoms with Crippen LogP contribution in [0.4, 0.5) is 5.69 Å². The Morgan fingerprint density at radius 3 is 2.87 bits per heavy atom. The van der Waals surface area contributed by atoms with E-state index in [2.05, 4.69) is 0 Å².